The average Bonchev–Trinajstić information content (AvgIpc) is 3.14. The van der Waals surface area contributed by atoms with Gasteiger partial charge in [-0.05, 0) is 31.2 Å². The molecule has 1 N–H and O–H groups in total. The monoisotopic (exact) mass is 448 g/mol. The second-order valence-corrected chi connectivity index (χ2v) is 7.17. The number of anilines is 1. The molecule has 0 fully saturated rings. The summed E-state index contributed by atoms with van der Waals surface area (Å²) in [6.07, 6.45) is -3.73. The number of rotatable bonds is 3. The summed E-state index contributed by atoms with van der Waals surface area (Å²) < 4.78 is 54.9. The fraction of sp³-hybridized carbons (Fsp3) is 0.0952. The topological polar surface area (TPSA) is 59.3 Å². The maximum atomic E-state index is 13.7. The van der Waals surface area contributed by atoms with Crippen LogP contribution in [0.4, 0.5) is 23.2 Å². The molecule has 0 aliphatic heterocycles. The van der Waals surface area contributed by atoms with E-state index in [2.05, 4.69) is 15.4 Å². The largest absolute Gasteiger partial charge is 0.433 e. The lowest BCUT2D eigenvalue weighted by Gasteiger charge is -2.12. The van der Waals surface area contributed by atoms with E-state index in [0.717, 1.165) is 23.9 Å². The number of hydrogen-bond acceptors (Lipinski definition) is 3. The maximum absolute atomic E-state index is 13.7. The zero-order valence-electron chi connectivity index (χ0n) is 15.8. The molecule has 0 saturated heterocycles. The number of halogens is 5. The van der Waals surface area contributed by atoms with Gasteiger partial charge in [0.15, 0.2) is 11.3 Å². The lowest BCUT2D eigenvalue weighted by molar-refractivity contribution is -0.142. The Morgan fingerprint density at radius 1 is 1.10 bits per heavy atom. The number of fused-ring (bicyclic) bond motifs is 1. The van der Waals surface area contributed by atoms with Gasteiger partial charge in [0.25, 0.3) is 5.91 Å². The van der Waals surface area contributed by atoms with Crippen molar-refractivity contribution in [3.8, 4) is 11.3 Å². The summed E-state index contributed by atoms with van der Waals surface area (Å²) in [5, 5.41) is 5.97. The normalized spacial score (nSPS) is 11.7. The van der Waals surface area contributed by atoms with Gasteiger partial charge in [0.05, 0.1) is 16.9 Å². The second kappa shape index (κ2) is 7.66. The first-order chi connectivity index (χ1) is 14.6. The first-order valence-electron chi connectivity index (χ1n) is 8.93. The van der Waals surface area contributed by atoms with Crippen LogP contribution in [0, 0.1) is 12.7 Å². The number of carbonyl (C=O) groups is 1. The molecule has 4 aromatic rings. The molecule has 0 aliphatic rings. The third-order valence-corrected chi connectivity index (χ3v) is 4.82. The summed E-state index contributed by atoms with van der Waals surface area (Å²) in [5.74, 6) is -1.44. The zero-order chi connectivity index (χ0) is 22.3. The lowest BCUT2D eigenvalue weighted by Crippen LogP contribution is -2.16. The highest BCUT2D eigenvalue weighted by atomic mass is 35.5. The van der Waals surface area contributed by atoms with Crippen LogP contribution in [0.2, 0.25) is 5.02 Å². The van der Waals surface area contributed by atoms with Crippen molar-refractivity contribution >= 4 is 28.8 Å². The van der Waals surface area contributed by atoms with E-state index >= 15 is 0 Å². The molecule has 2 aromatic carbocycles. The van der Waals surface area contributed by atoms with Crippen molar-refractivity contribution in [1.82, 2.24) is 14.6 Å². The minimum absolute atomic E-state index is 0.0409. The van der Waals surface area contributed by atoms with Crippen molar-refractivity contribution in [3.63, 3.8) is 0 Å². The molecule has 0 aliphatic carbocycles. The van der Waals surface area contributed by atoms with Crippen molar-refractivity contribution in [2.24, 2.45) is 0 Å². The smallest absolute Gasteiger partial charge is 0.322 e. The van der Waals surface area contributed by atoms with Gasteiger partial charge < -0.3 is 5.32 Å². The first-order valence-corrected chi connectivity index (χ1v) is 9.31. The maximum Gasteiger partial charge on any atom is 0.433 e. The minimum atomic E-state index is -4.73. The number of carbonyl (C=O) groups excluding carboxylic acids is 1. The van der Waals surface area contributed by atoms with Gasteiger partial charge in [0.1, 0.15) is 11.4 Å². The number of aryl methyl sites for hydroxylation is 1. The van der Waals surface area contributed by atoms with Gasteiger partial charge in [-0.15, -0.1) is 0 Å². The van der Waals surface area contributed by atoms with Crippen molar-refractivity contribution in [2.45, 2.75) is 13.1 Å². The molecule has 5 nitrogen and oxygen atoms in total. The molecule has 0 bridgehead atoms. The third kappa shape index (κ3) is 4.09. The molecule has 0 atom stereocenters. The van der Waals surface area contributed by atoms with Crippen molar-refractivity contribution in [2.75, 3.05) is 5.32 Å². The SMILES string of the molecule is Cc1ccc(-c2cc(C(F)(F)F)n3ncc(C(=O)Nc4ccc(F)c(Cl)c4)c3n2)cc1. The number of hydrogen-bond donors (Lipinski definition) is 1. The minimum Gasteiger partial charge on any atom is -0.322 e. The highest BCUT2D eigenvalue weighted by Crippen LogP contribution is 2.33. The predicted molar refractivity (Wildman–Crippen MR) is 108 cm³/mol. The molecule has 0 unspecified atom stereocenters. The molecule has 2 heterocycles. The Morgan fingerprint density at radius 2 is 1.81 bits per heavy atom. The summed E-state index contributed by atoms with van der Waals surface area (Å²) in [7, 11) is 0. The van der Waals surface area contributed by atoms with Crippen molar-refractivity contribution < 1.29 is 22.4 Å². The quantitative estimate of drug-likeness (QED) is 0.405. The molecular formula is C21H13ClF4N4O. The zero-order valence-corrected chi connectivity index (χ0v) is 16.6. The van der Waals surface area contributed by atoms with Crippen LogP contribution in [0.3, 0.4) is 0 Å². The Balaban J connectivity index is 1.82. The average molecular weight is 449 g/mol. The Hall–Kier alpha value is -3.46. The van der Waals surface area contributed by atoms with Crippen LogP contribution in [-0.2, 0) is 6.18 Å². The Morgan fingerprint density at radius 3 is 2.45 bits per heavy atom. The van der Waals surface area contributed by atoms with Crippen LogP contribution in [0.25, 0.3) is 16.9 Å². The Labute approximate surface area is 178 Å². The lowest BCUT2D eigenvalue weighted by atomic mass is 10.1. The van der Waals surface area contributed by atoms with E-state index in [4.69, 9.17) is 11.6 Å². The molecule has 158 valence electrons. The molecule has 2 aromatic heterocycles. The van der Waals surface area contributed by atoms with Crippen molar-refractivity contribution in [1.29, 1.82) is 0 Å². The van der Waals surface area contributed by atoms with E-state index in [1.165, 1.54) is 12.1 Å². The number of nitrogens with zero attached hydrogens (tertiary/aromatic N) is 3. The Kier molecular flexibility index (Phi) is 5.14. The van der Waals surface area contributed by atoms with E-state index in [9.17, 15) is 22.4 Å². The first kappa shape index (κ1) is 20.8. The highest BCUT2D eigenvalue weighted by Gasteiger charge is 2.36. The van der Waals surface area contributed by atoms with Crippen LogP contribution in [0.15, 0.2) is 54.7 Å². The number of nitrogens with one attached hydrogen (secondary N) is 1. The predicted octanol–water partition coefficient (Wildman–Crippen LogP) is 5.77. The number of benzene rings is 2. The highest BCUT2D eigenvalue weighted by molar-refractivity contribution is 6.31. The van der Waals surface area contributed by atoms with Crippen LogP contribution in [0.1, 0.15) is 21.6 Å². The molecule has 0 spiro atoms. The van der Waals surface area contributed by atoms with Gasteiger partial charge in [-0.1, -0.05) is 41.4 Å². The summed E-state index contributed by atoms with van der Waals surface area (Å²) in [6.45, 7) is 1.85. The fourth-order valence-electron chi connectivity index (χ4n) is 2.97. The molecule has 10 heteroatoms. The second-order valence-electron chi connectivity index (χ2n) is 6.77. The summed E-state index contributed by atoms with van der Waals surface area (Å²) >= 11 is 5.71. The molecule has 0 radical (unpaired) electrons. The fourth-order valence-corrected chi connectivity index (χ4v) is 3.15. The van der Waals surface area contributed by atoms with Gasteiger partial charge in [0.2, 0.25) is 0 Å². The van der Waals surface area contributed by atoms with E-state index in [-0.39, 0.29) is 27.6 Å². The van der Waals surface area contributed by atoms with Crippen LogP contribution >= 0.6 is 11.6 Å². The van der Waals surface area contributed by atoms with Gasteiger partial charge in [-0.2, -0.15) is 18.3 Å². The molecule has 31 heavy (non-hydrogen) atoms. The van der Waals surface area contributed by atoms with E-state index in [0.29, 0.717) is 10.1 Å². The van der Waals surface area contributed by atoms with Gasteiger partial charge in [-0.3, -0.25) is 4.79 Å². The van der Waals surface area contributed by atoms with E-state index in [1.54, 1.807) is 24.3 Å². The summed E-state index contributed by atoms with van der Waals surface area (Å²) in [6, 6.07) is 11.2. The summed E-state index contributed by atoms with van der Waals surface area (Å²) in [5.41, 5.74) is 0.0772. The van der Waals surface area contributed by atoms with Crippen LogP contribution in [-0.4, -0.2) is 20.5 Å². The number of aromatic nitrogens is 3. The number of alkyl halides is 3. The molecule has 4 rings (SSSR count). The standard InChI is InChI=1S/C21H13ClF4N4O/c1-11-2-4-12(5-3-11)17-9-18(21(24,25)26)30-19(29-17)14(10-27-30)20(31)28-13-6-7-16(23)15(22)8-13/h2-10H,1H3,(H,28,31). The Bertz CT molecular complexity index is 1300. The summed E-state index contributed by atoms with van der Waals surface area (Å²) in [4.78, 5) is 17.0. The molecular weight excluding hydrogens is 436 g/mol. The third-order valence-electron chi connectivity index (χ3n) is 4.53. The van der Waals surface area contributed by atoms with Crippen LogP contribution < -0.4 is 5.32 Å². The number of amides is 1. The van der Waals surface area contributed by atoms with Gasteiger partial charge >= 0.3 is 6.18 Å². The molecule has 1 amide bonds. The van der Waals surface area contributed by atoms with Crippen molar-refractivity contribution in [3.05, 3.63) is 82.4 Å². The van der Waals surface area contributed by atoms with Crippen LogP contribution in [0.5, 0.6) is 0 Å². The van der Waals surface area contributed by atoms with E-state index in [1.807, 2.05) is 6.92 Å². The molecule has 0 saturated carbocycles. The van der Waals surface area contributed by atoms with Gasteiger partial charge in [-0.25, -0.2) is 13.9 Å². The van der Waals surface area contributed by atoms with Gasteiger partial charge in [0, 0.05) is 11.3 Å². The van der Waals surface area contributed by atoms with E-state index < -0.39 is 23.6 Å².